The van der Waals surface area contributed by atoms with Gasteiger partial charge in [0.2, 0.25) is 0 Å². The number of aromatic nitrogens is 4. The molecular formula is C10H19N5O. The number of ether oxygens (including phenoxy) is 1. The first-order valence-electron chi connectivity index (χ1n) is 5.87. The number of aryl methyl sites for hydroxylation is 1. The fraction of sp³-hybridized carbons (Fsp3) is 0.900. The first kappa shape index (κ1) is 11.5. The van der Waals surface area contributed by atoms with E-state index in [1.807, 2.05) is 4.68 Å². The average molecular weight is 225 g/mol. The van der Waals surface area contributed by atoms with Crippen LogP contribution in [-0.4, -0.2) is 33.4 Å². The van der Waals surface area contributed by atoms with Crippen LogP contribution in [0.3, 0.4) is 0 Å². The number of nitrogens with two attached hydrogens (primary N) is 1. The van der Waals surface area contributed by atoms with Crippen LogP contribution < -0.4 is 5.73 Å². The summed E-state index contributed by atoms with van der Waals surface area (Å²) in [5.41, 5.74) is 5.17. The molecule has 2 N–H and O–H groups in total. The van der Waals surface area contributed by atoms with Crippen molar-refractivity contribution in [1.29, 1.82) is 0 Å². The summed E-state index contributed by atoms with van der Waals surface area (Å²) >= 11 is 0. The van der Waals surface area contributed by atoms with Gasteiger partial charge < -0.3 is 10.5 Å². The summed E-state index contributed by atoms with van der Waals surface area (Å²) in [6.45, 7) is 4.39. The Morgan fingerprint density at radius 3 is 3.06 bits per heavy atom. The predicted molar refractivity (Wildman–Crippen MR) is 58.6 cm³/mol. The van der Waals surface area contributed by atoms with Crippen LogP contribution in [0.25, 0.3) is 0 Å². The highest BCUT2D eigenvalue weighted by Gasteiger charge is 2.36. The van der Waals surface area contributed by atoms with Gasteiger partial charge in [-0.2, -0.15) is 0 Å². The molecule has 2 heterocycles. The van der Waals surface area contributed by atoms with Gasteiger partial charge in [-0.25, -0.2) is 4.68 Å². The standard InChI is InChI=1S/C10H19N5O/c1-10(5-4-8-16-10)9-12-13-14-15(9)7-3-2-6-11/h2-8,11H2,1H3. The Hall–Kier alpha value is -1.01. The van der Waals surface area contributed by atoms with E-state index in [9.17, 15) is 0 Å². The maximum Gasteiger partial charge on any atom is 0.183 e. The monoisotopic (exact) mass is 225 g/mol. The molecule has 0 aliphatic carbocycles. The number of nitrogens with zero attached hydrogens (tertiary/aromatic N) is 4. The van der Waals surface area contributed by atoms with Crippen LogP contribution in [-0.2, 0) is 16.9 Å². The van der Waals surface area contributed by atoms with Crippen molar-refractivity contribution in [3.63, 3.8) is 0 Å². The molecule has 1 aromatic heterocycles. The van der Waals surface area contributed by atoms with Crippen LogP contribution in [0.1, 0.15) is 38.4 Å². The molecule has 1 unspecified atom stereocenters. The maximum atomic E-state index is 5.74. The highest BCUT2D eigenvalue weighted by Crippen LogP contribution is 2.33. The van der Waals surface area contributed by atoms with E-state index in [4.69, 9.17) is 10.5 Å². The quantitative estimate of drug-likeness (QED) is 0.735. The number of rotatable bonds is 5. The van der Waals surface area contributed by atoms with E-state index in [1.165, 1.54) is 0 Å². The number of hydrogen-bond acceptors (Lipinski definition) is 5. The van der Waals surface area contributed by atoms with Crippen molar-refractivity contribution < 1.29 is 4.74 Å². The Morgan fingerprint density at radius 2 is 2.38 bits per heavy atom. The van der Waals surface area contributed by atoms with Gasteiger partial charge in [0.1, 0.15) is 5.60 Å². The second kappa shape index (κ2) is 4.88. The average Bonchev–Trinajstić information content (AvgIpc) is 2.88. The molecule has 1 aliphatic rings. The summed E-state index contributed by atoms with van der Waals surface area (Å²) in [6.07, 6.45) is 4.07. The molecule has 16 heavy (non-hydrogen) atoms. The van der Waals surface area contributed by atoms with E-state index >= 15 is 0 Å². The zero-order valence-corrected chi connectivity index (χ0v) is 9.72. The van der Waals surface area contributed by atoms with Crippen molar-refractivity contribution >= 4 is 0 Å². The summed E-state index contributed by atoms with van der Waals surface area (Å²) < 4.78 is 7.59. The van der Waals surface area contributed by atoms with E-state index in [0.717, 1.165) is 44.7 Å². The molecule has 0 spiro atoms. The normalized spacial score (nSPS) is 25.1. The minimum absolute atomic E-state index is 0.299. The second-order valence-corrected chi connectivity index (χ2v) is 4.40. The van der Waals surface area contributed by atoms with Gasteiger partial charge in [0.05, 0.1) is 0 Å². The SMILES string of the molecule is CC1(c2nnnn2CCCCN)CCCO1. The Balaban J connectivity index is 2.06. The molecule has 1 atom stereocenters. The van der Waals surface area contributed by atoms with Crippen LogP contribution >= 0.6 is 0 Å². The van der Waals surface area contributed by atoms with Crippen molar-refractivity contribution in [3.8, 4) is 0 Å². The minimum atomic E-state index is -0.299. The maximum absolute atomic E-state index is 5.74. The lowest BCUT2D eigenvalue weighted by Crippen LogP contribution is -2.26. The van der Waals surface area contributed by atoms with E-state index in [-0.39, 0.29) is 5.60 Å². The molecule has 6 nitrogen and oxygen atoms in total. The topological polar surface area (TPSA) is 78.9 Å². The van der Waals surface area contributed by atoms with E-state index in [0.29, 0.717) is 6.54 Å². The summed E-state index contributed by atoms with van der Waals surface area (Å²) in [6, 6.07) is 0. The molecular weight excluding hydrogens is 206 g/mol. The first-order valence-corrected chi connectivity index (χ1v) is 5.87. The summed E-state index contributed by atoms with van der Waals surface area (Å²) in [4.78, 5) is 0. The Labute approximate surface area is 95.1 Å². The molecule has 1 saturated heterocycles. The highest BCUT2D eigenvalue weighted by molar-refractivity contribution is 5.00. The molecule has 0 bridgehead atoms. The lowest BCUT2D eigenvalue weighted by Gasteiger charge is -2.21. The molecule has 0 aromatic carbocycles. The Morgan fingerprint density at radius 1 is 1.50 bits per heavy atom. The smallest absolute Gasteiger partial charge is 0.183 e. The number of unbranched alkanes of at least 4 members (excludes halogenated alkanes) is 1. The predicted octanol–water partition coefficient (Wildman–Crippen LogP) is 0.438. The molecule has 0 amide bonds. The Kier molecular flexibility index (Phi) is 3.50. The van der Waals surface area contributed by atoms with Crippen molar-refractivity contribution in [1.82, 2.24) is 20.2 Å². The van der Waals surface area contributed by atoms with Gasteiger partial charge in [0.25, 0.3) is 0 Å². The van der Waals surface area contributed by atoms with E-state index in [1.54, 1.807) is 0 Å². The molecule has 90 valence electrons. The van der Waals surface area contributed by atoms with Gasteiger partial charge in [0.15, 0.2) is 5.82 Å². The van der Waals surface area contributed by atoms with Crippen molar-refractivity contribution in [2.45, 2.75) is 44.8 Å². The molecule has 0 radical (unpaired) electrons. The van der Waals surface area contributed by atoms with Gasteiger partial charge in [-0.05, 0) is 49.6 Å². The van der Waals surface area contributed by atoms with Crippen LogP contribution in [0.5, 0.6) is 0 Å². The zero-order chi connectivity index (χ0) is 11.4. The van der Waals surface area contributed by atoms with Gasteiger partial charge >= 0.3 is 0 Å². The lowest BCUT2D eigenvalue weighted by atomic mass is 10.0. The van der Waals surface area contributed by atoms with Crippen molar-refractivity contribution in [2.24, 2.45) is 5.73 Å². The third kappa shape index (κ3) is 2.22. The van der Waals surface area contributed by atoms with Crippen LogP contribution in [0, 0.1) is 0 Å². The van der Waals surface area contributed by atoms with Crippen molar-refractivity contribution in [2.75, 3.05) is 13.2 Å². The molecule has 1 aliphatic heterocycles. The molecule has 6 heteroatoms. The third-order valence-corrected chi connectivity index (χ3v) is 3.05. The lowest BCUT2D eigenvalue weighted by molar-refractivity contribution is 0.00539. The summed E-state index contributed by atoms with van der Waals surface area (Å²) in [5.74, 6) is 0.849. The number of hydrogen-bond donors (Lipinski definition) is 1. The molecule has 0 saturated carbocycles. The van der Waals surface area contributed by atoms with Gasteiger partial charge in [-0.15, -0.1) is 5.10 Å². The Bertz CT molecular complexity index is 332. The van der Waals surface area contributed by atoms with Crippen LogP contribution in [0.15, 0.2) is 0 Å². The molecule has 2 rings (SSSR count). The fourth-order valence-corrected chi connectivity index (χ4v) is 2.10. The van der Waals surface area contributed by atoms with Crippen LogP contribution in [0.4, 0.5) is 0 Å². The fourth-order valence-electron chi connectivity index (χ4n) is 2.10. The van der Waals surface area contributed by atoms with E-state index in [2.05, 4.69) is 22.4 Å². The third-order valence-electron chi connectivity index (χ3n) is 3.05. The van der Waals surface area contributed by atoms with E-state index < -0.39 is 0 Å². The summed E-state index contributed by atoms with van der Waals surface area (Å²) in [7, 11) is 0. The number of tetrazole rings is 1. The minimum Gasteiger partial charge on any atom is -0.367 e. The molecule has 1 aromatic rings. The van der Waals surface area contributed by atoms with Gasteiger partial charge in [-0.1, -0.05) is 0 Å². The first-order chi connectivity index (χ1) is 7.76. The van der Waals surface area contributed by atoms with Crippen molar-refractivity contribution in [3.05, 3.63) is 5.82 Å². The van der Waals surface area contributed by atoms with Crippen LogP contribution in [0.2, 0.25) is 0 Å². The molecule has 1 fully saturated rings. The highest BCUT2D eigenvalue weighted by atomic mass is 16.5. The summed E-state index contributed by atoms with van der Waals surface area (Å²) in [5, 5.41) is 11.8. The van der Waals surface area contributed by atoms with Gasteiger partial charge in [-0.3, -0.25) is 0 Å². The largest absolute Gasteiger partial charge is 0.367 e. The zero-order valence-electron chi connectivity index (χ0n) is 9.72. The second-order valence-electron chi connectivity index (χ2n) is 4.40. The van der Waals surface area contributed by atoms with Gasteiger partial charge in [0, 0.05) is 13.2 Å².